The summed E-state index contributed by atoms with van der Waals surface area (Å²) < 4.78 is 41.2. The summed E-state index contributed by atoms with van der Waals surface area (Å²) in [5, 5.41) is 7.57. The minimum absolute atomic E-state index is 0. The maximum atomic E-state index is 13.7. The molecular formula is C24H29FN6O3S2. The first-order chi connectivity index (χ1) is 17.3. The highest BCUT2D eigenvalue weighted by molar-refractivity contribution is 7.93. The fourth-order valence-electron chi connectivity index (χ4n) is 4.81. The molecule has 1 N–H and O–H groups in total. The van der Waals surface area contributed by atoms with Gasteiger partial charge >= 0.3 is 0 Å². The molecule has 0 radical (unpaired) electrons. The standard InChI is InChI=1S/C24H27FN6O3S2.H2/c1-17(31-10-2-3-18-15-19(25)4-9-22(18)31)23(32)30-13-11-29(12-14-30)20-5-7-21(8-6-20)36(33,34)28-24-27-26-16-35-24;/h4-9,15-17H,2-3,10-14H2,1H3,(H,27,28);1H/t17-;/m0./s1. The molecule has 0 aliphatic carbocycles. The van der Waals surface area contributed by atoms with Crippen molar-refractivity contribution in [3.8, 4) is 0 Å². The van der Waals surface area contributed by atoms with E-state index in [1.807, 2.05) is 11.8 Å². The lowest BCUT2D eigenvalue weighted by Crippen LogP contribution is -2.55. The lowest BCUT2D eigenvalue weighted by Gasteiger charge is -2.41. The van der Waals surface area contributed by atoms with E-state index in [1.54, 1.807) is 36.4 Å². The molecule has 0 unspecified atom stereocenters. The summed E-state index contributed by atoms with van der Waals surface area (Å²) >= 11 is 1.11. The van der Waals surface area contributed by atoms with E-state index in [0.29, 0.717) is 26.2 Å². The number of amides is 1. The van der Waals surface area contributed by atoms with Gasteiger partial charge in [0.1, 0.15) is 17.4 Å². The number of benzene rings is 2. The van der Waals surface area contributed by atoms with Gasteiger partial charge in [0.15, 0.2) is 0 Å². The van der Waals surface area contributed by atoms with Gasteiger partial charge < -0.3 is 14.7 Å². The second kappa shape index (κ2) is 10.0. The molecule has 1 atom stereocenters. The molecule has 2 aromatic carbocycles. The van der Waals surface area contributed by atoms with Gasteiger partial charge in [0.05, 0.1) is 4.90 Å². The zero-order chi connectivity index (χ0) is 25.3. The molecule has 0 spiro atoms. The lowest BCUT2D eigenvalue weighted by molar-refractivity contribution is -0.132. The molecule has 2 aliphatic heterocycles. The van der Waals surface area contributed by atoms with Gasteiger partial charge in [-0.15, -0.1) is 10.2 Å². The number of fused-ring (bicyclic) bond motifs is 1. The molecule has 36 heavy (non-hydrogen) atoms. The Hall–Kier alpha value is -3.25. The molecular weight excluding hydrogens is 503 g/mol. The molecule has 1 amide bonds. The normalized spacial score (nSPS) is 17.0. The monoisotopic (exact) mass is 532 g/mol. The predicted molar refractivity (Wildman–Crippen MR) is 140 cm³/mol. The van der Waals surface area contributed by atoms with Crippen molar-refractivity contribution < 1.29 is 19.0 Å². The number of halogens is 1. The molecule has 0 bridgehead atoms. The summed E-state index contributed by atoms with van der Waals surface area (Å²) in [5.74, 6) is -0.180. The highest BCUT2D eigenvalue weighted by atomic mass is 32.2. The Kier molecular flexibility index (Phi) is 6.80. The minimum Gasteiger partial charge on any atom is -0.368 e. The summed E-state index contributed by atoms with van der Waals surface area (Å²) in [6, 6.07) is 11.2. The van der Waals surface area contributed by atoms with E-state index in [1.165, 1.54) is 11.6 Å². The van der Waals surface area contributed by atoms with Crippen molar-refractivity contribution in [2.45, 2.75) is 30.7 Å². The summed E-state index contributed by atoms with van der Waals surface area (Å²) in [5.41, 5.74) is 4.25. The zero-order valence-electron chi connectivity index (χ0n) is 19.8. The molecule has 1 fully saturated rings. The van der Waals surface area contributed by atoms with E-state index < -0.39 is 10.0 Å². The number of hydrogen-bond donors (Lipinski definition) is 1. The van der Waals surface area contributed by atoms with E-state index >= 15 is 0 Å². The van der Waals surface area contributed by atoms with Crippen LogP contribution in [0.2, 0.25) is 0 Å². The molecule has 0 saturated carbocycles. The van der Waals surface area contributed by atoms with Gasteiger partial charge in [0.25, 0.3) is 10.0 Å². The van der Waals surface area contributed by atoms with Crippen LogP contribution >= 0.6 is 11.3 Å². The number of carbonyl (C=O) groups is 1. The molecule has 5 rings (SSSR count). The first-order valence-electron chi connectivity index (χ1n) is 11.8. The molecule has 2 aliphatic rings. The summed E-state index contributed by atoms with van der Waals surface area (Å²) in [6.07, 6.45) is 1.71. The molecule has 1 saturated heterocycles. The number of nitrogens with one attached hydrogen (secondary N) is 1. The largest absolute Gasteiger partial charge is 0.368 e. The second-order valence-electron chi connectivity index (χ2n) is 8.90. The van der Waals surface area contributed by atoms with Gasteiger partial charge in [-0.2, -0.15) is 0 Å². The zero-order valence-corrected chi connectivity index (χ0v) is 21.4. The summed E-state index contributed by atoms with van der Waals surface area (Å²) in [4.78, 5) is 19.6. The molecule has 3 aromatic rings. The number of aromatic nitrogens is 2. The Morgan fingerprint density at radius 3 is 2.56 bits per heavy atom. The minimum atomic E-state index is -3.73. The lowest BCUT2D eigenvalue weighted by atomic mass is 9.99. The maximum Gasteiger partial charge on any atom is 0.263 e. The number of aryl methyl sites for hydroxylation is 1. The fraction of sp³-hybridized carbons (Fsp3) is 0.375. The SMILES string of the molecule is C[C@@H](C(=O)N1CCN(c2ccc(S(=O)(=O)Nc3nncs3)cc2)CC1)N1CCCc2cc(F)ccc21.[HH]. The number of sulfonamides is 1. The van der Waals surface area contributed by atoms with Crippen LogP contribution in [0.25, 0.3) is 0 Å². The van der Waals surface area contributed by atoms with E-state index in [2.05, 4.69) is 24.7 Å². The van der Waals surface area contributed by atoms with Crippen LogP contribution < -0.4 is 14.5 Å². The average molecular weight is 533 g/mol. The van der Waals surface area contributed by atoms with Crippen LogP contribution in [0.4, 0.5) is 20.9 Å². The van der Waals surface area contributed by atoms with Gasteiger partial charge in [-0.1, -0.05) is 11.3 Å². The molecule has 1 aromatic heterocycles. The van der Waals surface area contributed by atoms with Crippen LogP contribution in [0.3, 0.4) is 0 Å². The third-order valence-electron chi connectivity index (χ3n) is 6.71. The van der Waals surface area contributed by atoms with Gasteiger partial charge in [0, 0.05) is 45.5 Å². The molecule has 3 heterocycles. The maximum absolute atomic E-state index is 13.7. The molecule has 192 valence electrons. The summed E-state index contributed by atoms with van der Waals surface area (Å²) in [7, 11) is -3.73. The van der Waals surface area contributed by atoms with Gasteiger partial charge in [-0.3, -0.25) is 9.52 Å². The Bertz CT molecular complexity index is 1330. The Balaban J connectivity index is 0.00000320. The number of piperazine rings is 1. The number of nitrogens with zero attached hydrogens (tertiary/aromatic N) is 5. The van der Waals surface area contributed by atoms with E-state index in [4.69, 9.17) is 0 Å². The number of carbonyl (C=O) groups excluding carboxylic acids is 1. The molecule has 9 nitrogen and oxygen atoms in total. The van der Waals surface area contributed by atoms with Crippen molar-refractivity contribution in [3.63, 3.8) is 0 Å². The highest BCUT2D eigenvalue weighted by Crippen LogP contribution is 2.30. The smallest absolute Gasteiger partial charge is 0.263 e. The first-order valence-corrected chi connectivity index (χ1v) is 14.2. The van der Waals surface area contributed by atoms with Crippen molar-refractivity contribution in [1.29, 1.82) is 0 Å². The molecule has 12 heteroatoms. The van der Waals surface area contributed by atoms with Crippen molar-refractivity contribution in [1.82, 2.24) is 15.1 Å². The topological polar surface area (TPSA) is 98.7 Å². The van der Waals surface area contributed by atoms with Crippen molar-refractivity contribution >= 4 is 43.8 Å². The van der Waals surface area contributed by atoms with Crippen molar-refractivity contribution in [2.24, 2.45) is 0 Å². The van der Waals surface area contributed by atoms with Crippen LogP contribution in [0.15, 0.2) is 52.9 Å². The van der Waals surface area contributed by atoms with E-state index in [9.17, 15) is 17.6 Å². The van der Waals surface area contributed by atoms with E-state index in [0.717, 1.165) is 47.7 Å². The fourth-order valence-corrected chi connectivity index (χ4v) is 6.50. The van der Waals surface area contributed by atoms with Crippen molar-refractivity contribution in [2.75, 3.05) is 47.2 Å². The first kappa shape index (κ1) is 24.4. The van der Waals surface area contributed by atoms with Gasteiger partial charge in [-0.05, 0) is 67.8 Å². The van der Waals surface area contributed by atoms with Crippen LogP contribution in [0, 0.1) is 5.82 Å². The third-order valence-corrected chi connectivity index (χ3v) is 8.80. The van der Waals surface area contributed by atoms with Crippen LogP contribution in [-0.4, -0.2) is 68.2 Å². The van der Waals surface area contributed by atoms with Crippen LogP contribution in [0.1, 0.15) is 20.3 Å². The third kappa shape index (κ3) is 5.00. The van der Waals surface area contributed by atoms with E-state index in [-0.39, 0.29) is 29.2 Å². The second-order valence-corrected chi connectivity index (χ2v) is 11.4. The van der Waals surface area contributed by atoms with Crippen molar-refractivity contribution in [3.05, 3.63) is 59.4 Å². The Morgan fingerprint density at radius 1 is 1.11 bits per heavy atom. The average Bonchev–Trinajstić information content (AvgIpc) is 3.40. The highest BCUT2D eigenvalue weighted by Gasteiger charge is 2.31. The Labute approximate surface area is 215 Å². The number of hydrogen-bond acceptors (Lipinski definition) is 8. The summed E-state index contributed by atoms with van der Waals surface area (Å²) in [6.45, 7) is 5.14. The number of rotatable bonds is 6. The quantitative estimate of drug-likeness (QED) is 0.521. The van der Waals surface area contributed by atoms with Gasteiger partial charge in [-0.25, -0.2) is 12.8 Å². The van der Waals surface area contributed by atoms with Crippen LogP contribution in [-0.2, 0) is 21.2 Å². The Morgan fingerprint density at radius 2 is 1.86 bits per heavy atom. The van der Waals surface area contributed by atoms with Crippen LogP contribution in [0.5, 0.6) is 0 Å². The predicted octanol–water partition coefficient (Wildman–Crippen LogP) is 3.21. The van der Waals surface area contributed by atoms with Gasteiger partial charge in [0.2, 0.25) is 11.0 Å². The number of anilines is 3.